The number of piperidine rings is 1. The second-order valence-corrected chi connectivity index (χ2v) is 8.53. The molecule has 0 spiro atoms. The number of nitrogens with zero attached hydrogens (tertiary/aromatic N) is 1. The molecule has 0 radical (unpaired) electrons. The summed E-state index contributed by atoms with van der Waals surface area (Å²) in [5.41, 5.74) is 1.76. The first-order valence-electron chi connectivity index (χ1n) is 8.05. The van der Waals surface area contributed by atoms with Crippen LogP contribution < -0.4 is 0 Å². The number of rotatable bonds is 4. The van der Waals surface area contributed by atoms with E-state index in [2.05, 4.69) is 0 Å². The van der Waals surface area contributed by atoms with Crippen LogP contribution in [-0.2, 0) is 15.6 Å². The molecule has 1 aliphatic rings. The van der Waals surface area contributed by atoms with Crippen LogP contribution in [0, 0.1) is 6.92 Å². The molecular formula is C18H21NO4S. The van der Waals surface area contributed by atoms with E-state index in [1.54, 1.807) is 17.0 Å². The maximum Gasteiger partial charge on any atom is 0.253 e. The molecule has 0 unspecified atom stereocenters. The fourth-order valence-electron chi connectivity index (χ4n) is 3.01. The molecule has 0 saturated carbocycles. The van der Waals surface area contributed by atoms with Crippen LogP contribution in [0.3, 0.4) is 0 Å². The van der Waals surface area contributed by atoms with E-state index < -0.39 is 15.1 Å². The Morgan fingerprint density at radius 3 is 2.42 bits per heavy atom. The maximum absolute atomic E-state index is 12.5. The van der Waals surface area contributed by atoms with Gasteiger partial charge in [-0.25, -0.2) is 8.42 Å². The molecule has 2 aromatic rings. The smallest absolute Gasteiger partial charge is 0.253 e. The lowest BCUT2D eigenvalue weighted by atomic mass is 10.1. The molecule has 6 heteroatoms. The quantitative estimate of drug-likeness (QED) is 0.853. The van der Waals surface area contributed by atoms with Crippen LogP contribution in [-0.4, -0.2) is 37.6 Å². The standard InChI is InChI=1S/C18H21NO4S/c1-14-4-6-15(7-5-14)18(20)19-10-8-17(9-11-19)24(21,22)13-16-3-2-12-23-16/h2-7,12,17H,8-11,13H2,1H3. The Bertz CT molecular complexity index is 786. The minimum absolute atomic E-state index is 0.0307. The van der Waals surface area contributed by atoms with E-state index in [0.29, 0.717) is 37.3 Å². The monoisotopic (exact) mass is 347 g/mol. The van der Waals surface area contributed by atoms with Crippen LogP contribution in [0.5, 0.6) is 0 Å². The molecule has 0 atom stereocenters. The molecule has 1 fully saturated rings. The van der Waals surface area contributed by atoms with Crippen molar-refractivity contribution in [1.82, 2.24) is 4.90 Å². The summed E-state index contributed by atoms with van der Waals surface area (Å²) >= 11 is 0. The van der Waals surface area contributed by atoms with E-state index in [4.69, 9.17) is 4.42 Å². The first-order chi connectivity index (χ1) is 11.5. The topological polar surface area (TPSA) is 67.6 Å². The lowest BCUT2D eigenvalue weighted by Gasteiger charge is -2.31. The summed E-state index contributed by atoms with van der Waals surface area (Å²) < 4.78 is 30.1. The number of aryl methyl sites for hydroxylation is 1. The van der Waals surface area contributed by atoms with E-state index in [-0.39, 0.29) is 11.7 Å². The Balaban J connectivity index is 1.61. The Labute approximate surface area is 142 Å². The molecular weight excluding hydrogens is 326 g/mol. The molecule has 24 heavy (non-hydrogen) atoms. The molecule has 1 aromatic carbocycles. The summed E-state index contributed by atoms with van der Waals surface area (Å²) in [5, 5.41) is -0.412. The molecule has 128 valence electrons. The number of hydrogen-bond acceptors (Lipinski definition) is 4. The normalized spacial score (nSPS) is 16.3. The Morgan fingerprint density at radius 2 is 1.83 bits per heavy atom. The number of hydrogen-bond donors (Lipinski definition) is 0. The van der Waals surface area contributed by atoms with E-state index in [1.807, 2.05) is 31.2 Å². The van der Waals surface area contributed by atoms with Crippen molar-refractivity contribution in [1.29, 1.82) is 0 Å². The molecule has 0 bridgehead atoms. The highest BCUT2D eigenvalue weighted by Crippen LogP contribution is 2.23. The molecule has 0 N–H and O–H groups in total. The van der Waals surface area contributed by atoms with Crippen molar-refractivity contribution in [2.75, 3.05) is 13.1 Å². The summed E-state index contributed by atoms with van der Waals surface area (Å²) in [7, 11) is -3.26. The zero-order chi connectivity index (χ0) is 17.2. The molecule has 1 aliphatic heterocycles. The van der Waals surface area contributed by atoms with E-state index >= 15 is 0 Å². The van der Waals surface area contributed by atoms with E-state index in [0.717, 1.165) is 5.56 Å². The number of benzene rings is 1. The number of amides is 1. The number of likely N-dealkylation sites (tertiary alicyclic amines) is 1. The average Bonchev–Trinajstić information content (AvgIpc) is 3.07. The van der Waals surface area contributed by atoms with Gasteiger partial charge in [-0.3, -0.25) is 4.79 Å². The Kier molecular flexibility index (Phi) is 4.76. The van der Waals surface area contributed by atoms with Gasteiger partial charge in [-0.15, -0.1) is 0 Å². The molecule has 2 heterocycles. The summed E-state index contributed by atoms with van der Waals surface area (Å²) in [6.07, 6.45) is 2.43. The van der Waals surface area contributed by atoms with Crippen LogP contribution in [0.25, 0.3) is 0 Å². The van der Waals surface area contributed by atoms with E-state index in [9.17, 15) is 13.2 Å². The van der Waals surface area contributed by atoms with Crippen LogP contribution in [0.15, 0.2) is 47.1 Å². The lowest BCUT2D eigenvalue weighted by molar-refractivity contribution is 0.0725. The van der Waals surface area contributed by atoms with E-state index in [1.165, 1.54) is 6.26 Å². The molecule has 5 nitrogen and oxygen atoms in total. The minimum atomic E-state index is -3.26. The van der Waals surface area contributed by atoms with Gasteiger partial charge in [0.05, 0.1) is 11.5 Å². The lowest BCUT2D eigenvalue weighted by Crippen LogP contribution is -2.42. The minimum Gasteiger partial charge on any atom is -0.468 e. The van der Waals surface area contributed by atoms with Gasteiger partial charge < -0.3 is 9.32 Å². The molecule has 0 aliphatic carbocycles. The van der Waals surface area contributed by atoms with Gasteiger partial charge in [0.2, 0.25) is 0 Å². The van der Waals surface area contributed by atoms with Gasteiger partial charge in [0, 0.05) is 18.7 Å². The number of sulfone groups is 1. The highest BCUT2D eigenvalue weighted by Gasteiger charge is 2.32. The van der Waals surface area contributed by atoms with Crippen molar-refractivity contribution in [3.05, 3.63) is 59.5 Å². The summed E-state index contributed by atoms with van der Waals surface area (Å²) in [4.78, 5) is 14.2. The maximum atomic E-state index is 12.5. The van der Waals surface area contributed by atoms with Crippen LogP contribution >= 0.6 is 0 Å². The van der Waals surface area contributed by atoms with Crippen molar-refractivity contribution in [2.45, 2.75) is 30.8 Å². The fourth-order valence-corrected chi connectivity index (χ4v) is 4.73. The third-order valence-corrected chi connectivity index (χ3v) is 6.63. The molecule has 1 amide bonds. The fraction of sp³-hybridized carbons (Fsp3) is 0.389. The summed E-state index contributed by atoms with van der Waals surface area (Å²) in [6.45, 7) is 2.91. The molecule has 3 rings (SSSR count). The molecule has 1 aromatic heterocycles. The zero-order valence-corrected chi connectivity index (χ0v) is 14.5. The average molecular weight is 347 g/mol. The van der Waals surface area contributed by atoms with Crippen LogP contribution in [0.2, 0.25) is 0 Å². The summed E-state index contributed by atoms with van der Waals surface area (Å²) in [5.74, 6) is 0.362. The van der Waals surface area contributed by atoms with Gasteiger partial charge in [0.15, 0.2) is 9.84 Å². The van der Waals surface area contributed by atoms with Crippen molar-refractivity contribution >= 4 is 15.7 Å². The van der Waals surface area contributed by atoms with Gasteiger partial charge in [-0.2, -0.15) is 0 Å². The predicted octanol–water partition coefficient (Wildman–Crippen LogP) is 2.81. The summed E-state index contributed by atoms with van der Waals surface area (Å²) in [6, 6.07) is 10.8. The molecule has 1 saturated heterocycles. The predicted molar refractivity (Wildman–Crippen MR) is 91.4 cm³/mol. The van der Waals surface area contributed by atoms with Crippen LogP contribution in [0.4, 0.5) is 0 Å². The van der Waals surface area contributed by atoms with Crippen molar-refractivity contribution in [3.63, 3.8) is 0 Å². The van der Waals surface area contributed by atoms with Crippen molar-refractivity contribution in [2.24, 2.45) is 0 Å². The van der Waals surface area contributed by atoms with Crippen molar-refractivity contribution < 1.29 is 17.6 Å². The van der Waals surface area contributed by atoms with Gasteiger partial charge in [-0.05, 0) is 44.0 Å². The largest absolute Gasteiger partial charge is 0.468 e. The second-order valence-electron chi connectivity index (χ2n) is 6.24. The number of carbonyl (C=O) groups is 1. The first kappa shape index (κ1) is 16.8. The number of furan rings is 1. The second kappa shape index (κ2) is 6.81. The van der Waals surface area contributed by atoms with Crippen molar-refractivity contribution in [3.8, 4) is 0 Å². The van der Waals surface area contributed by atoms with Crippen LogP contribution in [0.1, 0.15) is 34.5 Å². The third kappa shape index (κ3) is 3.70. The van der Waals surface area contributed by atoms with Gasteiger partial charge in [0.1, 0.15) is 11.5 Å². The SMILES string of the molecule is Cc1ccc(C(=O)N2CCC(S(=O)(=O)Cc3ccco3)CC2)cc1. The Hall–Kier alpha value is -2.08. The Morgan fingerprint density at radius 1 is 1.17 bits per heavy atom. The number of carbonyl (C=O) groups excluding carboxylic acids is 1. The first-order valence-corrected chi connectivity index (χ1v) is 9.77. The van der Waals surface area contributed by atoms with Gasteiger partial charge in [-0.1, -0.05) is 17.7 Å². The van der Waals surface area contributed by atoms with Gasteiger partial charge >= 0.3 is 0 Å². The third-order valence-electron chi connectivity index (χ3n) is 4.46. The zero-order valence-electron chi connectivity index (χ0n) is 13.6. The van der Waals surface area contributed by atoms with Gasteiger partial charge in [0.25, 0.3) is 5.91 Å². The highest BCUT2D eigenvalue weighted by molar-refractivity contribution is 7.91. The highest BCUT2D eigenvalue weighted by atomic mass is 32.2.